The first-order valence-electron chi connectivity index (χ1n) is 8.59. The largest absolute Gasteiger partial charge is 0.492 e. The molecule has 1 saturated heterocycles. The zero-order valence-electron chi connectivity index (χ0n) is 14.6. The highest BCUT2D eigenvalue weighted by atomic mass is 79.9. The number of hydrogen-bond donors (Lipinski definition) is 0. The highest BCUT2D eigenvalue weighted by molar-refractivity contribution is 9.10. The highest BCUT2D eigenvalue weighted by Gasteiger charge is 2.25. The Labute approximate surface area is 162 Å². The van der Waals surface area contributed by atoms with Crippen molar-refractivity contribution in [1.29, 1.82) is 0 Å². The van der Waals surface area contributed by atoms with E-state index in [4.69, 9.17) is 4.74 Å². The van der Waals surface area contributed by atoms with Gasteiger partial charge in [-0.3, -0.25) is 0 Å². The van der Waals surface area contributed by atoms with Crippen LogP contribution in [0.3, 0.4) is 0 Å². The van der Waals surface area contributed by atoms with E-state index in [0.29, 0.717) is 22.7 Å². The quantitative estimate of drug-likeness (QED) is 0.523. The van der Waals surface area contributed by atoms with Crippen LogP contribution >= 0.6 is 15.9 Å². The maximum absolute atomic E-state index is 13.1. The summed E-state index contributed by atoms with van der Waals surface area (Å²) in [6.45, 7) is 3.81. The zero-order chi connectivity index (χ0) is 18.6. The van der Waals surface area contributed by atoms with E-state index >= 15 is 0 Å². The molecule has 7 heteroatoms. The smallest absolute Gasteiger partial charge is 0.288 e. The Morgan fingerprint density at radius 2 is 1.85 bits per heavy atom. The van der Waals surface area contributed by atoms with E-state index in [-0.39, 0.29) is 4.90 Å². The molecule has 1 heterocycles. The van der Waals surface area contributed by atoms with E-state index in [9.17, 15) is 8.42 Å². The minimum atomic E-state index is -3.93. The van der Waals surface area contributed by atoms with E-state index in [1.807, 2.05) is 42.2 Å². The molecule has 26 heavy (non-hydrogen) atoms. The number of likely N-dealkylation sites (tertiary alicyclic amines) is 1. The normalized spacial score (nSPS) is 15.3. The molecule has 0 bridgehead atoms. The molecule has 0 amide bonds. The van der Waals surface area contributed by atoms with Crippen LogP contribution < -0.4 is 4.74 Å². The molecular formula is C19H21BrN2O3S. The van der Waals surface area contributed by atoms with E-state index in [2.05, 4.69) is 20.3 Å². The Kier molecular flexibility index (Phi) is 5.98. The second-order valence-electron chi connectivity index (χ2n) is 5.97. The maximum Gasteiger partial charge on any atom is 0.288 e. The van der Waals surface area contributed by atoms with Gasteiger partial charge in [-0.25, -0.2) is 0 Å². The second-order valence-corrected chi connectivity index (χ2v) is 8.46. The molecule has 0 saturated carbocycles. The van der Waals surface area contributed by atoms with Crippen LogP contribution in [0.4, 0.5) is 0 Å². The first kappa shape index (κ1) is 18.9. The van der Waals surface area contributed by atoms with Crippen LogP contribution in [0.2, 0.25) is 0 Å². The van der Waals surface area contributed by atoms with Gasteiger partial charge in [0.15, 0.2) is 0 Å². The SMILES string of the molecule is CCOc1ccc(Br)cc1S(=O)(=O)/N=C(/c1ccccc1)N1CCCC1. The van der Waals surface area contributed by atoms with Gasteiger partial charge in [-0.15, -0.1) is 4.40 Å². The number of ether oxygens (including phenoxy) is 1. The lowest BCUT2D eigenvalue weighted by Gasteiger charge is -2.20. The second kappa shape index (κ2) is 8.22. The molecule has 1 fully saturated rings. The molecular weight excluding hydrogens is 416 g/mol. The van der Waals surface area contributed by atoms with E-state index in [1.54, 1.807) is 12.1 Å². The monoisotopic (exact) mass is 436 g/mol. The minimum absolute atomic E-state index is 0.0707. The van der Waals surface area contributed by atoms with Gasteiger partial charge in [0, 0.05) is 23.1 Å². The van der Waals surface area contributed by atoms with Crippen molar-refractivity contribution in [1.82, 2.24) is 4.90 Å². The van der Waals surface area contributed by atoms with Crippen molar-refractivity contribution in [2.75, 3.05) is 19.7 Å². The summed E-state index contributed by atoms with van der Waals surface area (Å²) in [5.74, 6) is 0.804. The third-order valence-corrected chi connectivity index (χ3v) is 5.91. The summed E-state index contributed by atoms with van der Waals surface area (Å²) in [5, 5.41) is 0. The average Bonchev–Trinajstić information content (AvgIpc) is 3.16. The average molecular weight is 437 g/mol. The zero-order valence-corrected chi connectivity index (χ0v) is 17.0. The fraction of sp³-hybridized carbons (Fsp3) is 0.316. The molecule has 0 radical (unpaired) electrons. The summed E-state index contributed by atoms with van der Waals surface area (Å²) in [6.07, 6.45) is 2.07. The van der Waals surface area contributed by atoms with Crippen molar-refractivity contribution < 1.29 is 13.2 Å². The minimum Gasteiger partial charge on any atom is -0.492 e. The third-order valence-electron chi connectivity index (χ3n) is 4.13. The van der Waals surface area contributed by atoms with Crippen LogP contribution in [-0.4, -0.2) is 38.8 Å². The summed E-state index contributed by atoms with van der Waals surface area (Å²) >= 11 is 3.34. The summed E-state index contributed by atoms with van der Waals surface area (Å²) < 4.78 is 36.6. The van der Waals surface area contributed by atoms with Crippen molar-refractivity contribution in [2.24, 2.45) is 4.40 Å². The standard InChI is InChI=1S/C19H21BrN2O3S/c1-2-25-17-11-10-16(20)14-18(17)26(23,24)21-19(22-12-6-7-13-22)15-8-4-3-5-9-15/h3-5,8-11,14H,2,6-7,12-13H2,1H3/b21-19-. The molecule has 1 aliphatic heterocycles. The molecule has 1 aliphatic rings. The molecule has 0 aromatic heterocycles. The van der Waals surface area contributed by atoms with Crippen molar-refractivity contribution >= 4 is 31.8 Å². The molecule has 5 nitrogen and oxygen atoms in total. The number of sulfonamides is 1. The Balaban J connectivity index is 2.10. The number of nitrogens with zero attached hydrogens (tertiary/aromatic N) is 2. The van der Waals surface area contributed by atoms with Crippen molar-refractivity contribution in [3.05, 3.63) is 58.6 Å². The van der Waals surface area contributed by atoms with Gasteiger partial charge >= 0.3 is 0 Å². The van der Waals surface area contributed by atoms with Crippen LogP contribution in [0, 0.1) is 0 Å². The van der Waals surface area contributed by atoms with Crippen molar-refractivity contribution in [3.8, 4) is 5.75 Å². The van der Waals surface area contributed by atoms with Crippen LogP contribution in [-0.2, 0) is 10.0 Å². The molecule has 138 valence electrons. The number of amidine groups is 1. The molecule has 0 spiro atoms. The van der Waals surface area contributed by atoms with Crippen LogP contribution in [0.1, 0.15) is 25.3 Å². The van der Waals surface area contributed by atoms with E-state index in [1.165, 1.54) is 6.07 Å². The van der Waals surface area contributed by atoms with Crippen LogP contribution in [0.15, 0.2) is 62.3 Å². The van der Waals surface area contributed by atoms with Gasteiger partial charge in [0.25, 0.3) is 10.0 Å². The molecule has 2 aromatic rings. The molecule has 2 aromatic carbocycles. The van der Waals surface area contributed by atoms with Crippen LogP contribution in [0.25, 0.3) is 0 Å². The summed E-state index contributed by atoms with van der Waals surface area (Å²) in [4.78, 5) is 2.10. The molecule has 0 unspecified atom stereocenters. The van der Waals surface area contributed by atoms with Gasteiger partial charge in [0.05, 0.1) is 6.61 Å². The lowest BCUT2D eigenvalue weighted by molar-refractivity contribution is 0.331. The van der Waals surface area contributed by atoms with Crippen molar-refractivity contribution in [3.63, 3.8) is 0 Å². The number of rotatable bonds is 5. The number of halogens is 1. The first-order chi connectivity index (χ1) is 12.5. The highest BCUT2D eigenvalue weighted by Crippen LogP contribution is 2.30. The maximum atomic E-state index is 13.1. The van der Waals surface area contributed by atoms with Gasteiger partial charge in [0.2, 0.25) is 0 Å². The first-order valence-corrected chi connectivity index (χ1v) is 10.8. The summed E-state index contributed by atoms with van der Waals surface area (Å²) in [6, 6.07) is 14.4. The Morgan fingerprint density at radius 1 is 1.15 bits per heavy atom. The lowest BCUT2D eigenvalue weighted by atomic mass is 10.2. The van der Waals surface area contributed by atoms with Gasteiger partial charge in [0.1, 0.15) is 16.5 Å². The predicted octanol–water partition coefficient (Wildman–Crippen LogP) is 4.08. The van der Waals surface area contributed by atoms with Gasteiger partial charge in [-0.05, 0) is 38.0 Å². The Bertz CT molecular complexity index is 892. The summed E-state index contributed by atoms with van der Waals surface area (Å²) in [5.41, 5.74) is 0.797. The molecule has 0 N–H and O–H groups in total. The van der Waals surface area contributed by atoms with Crippen LogP contribution in [0.5, 0.6) is 5.75 Å². The number of benzene rings is 2. The lowest BCUT2D eigenvalue weighted by Crippen LogP contribution is -2.29. The fourth-order valence-corrected chi connectivity index (χ4v) is 4.65. The van der Waals surface area contributed by atoms with Gasteiger partial charge in [-0.2, -0.15) is 8.42 Å². The van der Waals surface area contributed by atoms with E-state index in [0.717, 1.165) is 31.5 Å². The van der Waals surface area contributed by atoms with Gasteiger partial charge < -0.3 is 9.64 Å². The van der Waals surface area contributed by atoms with E-state index < -0.39 is 10.0 Å². The predicted molar refractivity (Wildman–Crippen MR) is 106 cm³/mol. The van der Waals surface area contributed by atoms with Crippen molar-refractivity contribution in [2.45, 2.75) is 24.7 Å². The Hall–Kier alpha value is -1.86. The fourth-order valence-electron chi connectivity index (χ4n) is 2.93. The summed E-state index contributed by atoms with van der Waals surface area (Å²) in [7, 11) is -3.93. The molecule has 3 rings (SSSR count). The molecule has 0 atom stereocenters. The topological polar surface area (TPSA) is 59.0 Å². The number of hydrogen-bond acceptors (Lipinski definition) is 3. The van der Waals surface area contributed by atoms with Gasteiger partial charge in [-0.1, -0.05) is 46.3 Å². The Morgan fingerprint density at radius 3 is 2.50 bits per heavy atom. The molecule has 0 aliphatic carbocycles. The third kappa shape index (κ3) is 4.27.